The van der Waals surface area contributed by atoms with E-state index in [0.29, 0.717) is 11.9 Å². The third-order valence-corrected chi connectivity index (χ3v) is 6.22. The highest BCUT2D eigenvalue weighted by Gasteiger charge is 2.40. The lowest BCUT2D eigenvalue weighted by Gasteiger charge is -2.29. The van der Waals surface area contributed by atoms with Gasteiger partial charge in [-0.05, 0) is 61.1 Å². The number of aryl methyl sites for hydroxylation is 1. The summed E-state index contributed by atoms with van der Waals surface area (Å²) in [6.45, 7) is 3.54. The highest BCUT2D eigenvalue weighted by Crippen LogP contribution is 2.40. The van der Waals surface area contributed by atoms with Crippen LogP contribution in [0.2, 0.25) is 0 Å². The molecule has 0 bridgehead atoms. The number of ether oxygens (including phenoxy) is 1. The zero-order valence-electron chi connectivity index (χ0n) is 18.8. The molecule has 2 amide bonds. The fraction of sp³-hybridized carbons (Fsp3) is 0.296. The van der Waals surface area contributed by atoms with Crippen molar-refractivity contribution in [2.45, 2.75) is 38.1 Å². The molecule has 2 aliphatic rings. The van der Waals surface area contributed by atoms with E-state index in [0.717, 1.165) is 49.2 Å². The number of carbonyl (C=O) groups is 1. The molecule has 1 aliphatic heterocycles. The van der Waals surface area contributed by atoms with Crippen LogP contribution in [0.3, 0.4) is 0 Å². The quantitative estimate of drug-likeness (QED) is 0.583. The summed E-state index contributed by atoms with van der Waals surface area (Å²) >= 11 is 0. The molecular weight excluding hydrogens is 412 g/mol. The molecule has 3 aromatic rings. The number of carbonyl (C=O) groups excluding carboxylic acids is 1. The second-order valence-electron chi connectivity index (χ2n) is 8.81. The van der Waals surface area contributed by atoms with E-state index < -0.39 is 0 Å². The van der Waals surface area contributed by atoms with Crippen LogP contribution in [-0.4, -0.2) is 40.0 Å². The van der Waals surface area contributed by atoms with Crippen molar-refractivity contribution in [3.63, 3.8) is 0 Å². The number of amides is 2. The number of hydrogen-bond donors (Lipinski definition) is 1. The lowest BCUT2D eigenvalue weighted by molar-refractivity contribution is 0.193. The number of rotatable bonds is 5. The molecule has 1 N–H and O–H groups in total. The molecule has 6 heteroatoms. The molecule has 0 radical (unpaired) electrons. The second kappa shape index (κ2) is 9.45. The molecule has 2 unspecified atom stereocenters. The van der Waals surface area contributed by atoms with Crippen LogP contribution in [0.15, 0.2) is 72.6 Å². The highest BCUT2D eigenvalue weighted by atomic mass is 16.5. The van der Waals surface area contributed by atoms with Crippen molar-refractivity contribution in [1.29, 1.82) is 0 Å². The maximum Gasteiger partial charge on any atom is 0.321 e. The van der Waals surface area contributed by atoms with Gasteiger partial charge in [-0.15, -0.1) is 0 Å². The van der Waals surface area contributed by atoms with Crippen LogP contribution in [0.25, 0.3) is 6.08 Å². The molecule has 2 atom stereocenters. The lowest BCUT2D eigenvalue weighted by Crippen LogP contribution is -2.44. The van der Waals surface area contributed by atoms with E-state index in [2.05, 4.69) is 51.7 Å². The van der Waals surface area contributed by atoms with Gasteiger partial charge in [0.25, 0.3) is 0 Å². The van der Waals surface area contributed by atoms with Crippen molar-refractivity contribution in [2.75, 3.05) is 13.1 Å². The summed E-state index contributed by atoms with van der Waals surface area (Å²) < 4.78 is 5.81. The highest BCUT2D eigenvalue weighted by molar-refractivity contribution is 5.75. The van der Waals surface area contributed by atoms with Gasteiger partial charge in [0.2, 0.25) is 0 Å². The molecule has 2 fully saturated rings. The maximum absolute atomic E-state index is 12.7. The van der Waals surface area contributed by atoms with Gasteiger partial charge >= 0.3 is 12.0 Å². The van der Waals surface area contributed by atoms with Crippen molar-refractivity contribution < 1.29 is 9.53 Å². The average Bonchev–Trinajstić information content (AvgIpc) is 3.59. The number of nitrogens with zero attached hydrogens (tertiary/aromatic N) is 3. The molecule has 0 spiro atoms. The topological polar surface area (TPSA) is 67.4 Å². The van der Waals surface area contributed by atoms with Crippen LogP contribution in [0.1, 0.15) is 41.9 Å². The van der Waals surface area contributed by atoms with E-state index in [4.69, 9.17) is 4.74 Å². The zero-order chi connectivity index (χ0) is 22.6. The maximum atomic E-state index is 12.7. The molecular formula is C27H28N4O2. The van der Waals surface area contributed by atoms with Crippen LogP contribution in [0.5, 0.6) is 11.8 Å². The van der Waals surface area contributed by atoms with Crippen molar-refractivity contribution in [1.82, 2.24) is 20.2 Å². The summed E-state index contributed by atoms with van der Waals surface area (Å²) in [5.74, 6) is 1.18. The molecule has 1 saturated carbocycles. The minimum absolute atomic E-state index is 0.0617. The smallest absolute Gasteiger partial charge is 0.321 e. The Morgan fingerprint density at radius 2 is 1.82 bits per heavy atom. The number of likely N-dealkylation sites (tertiary alicyclic amines) is 1. The molecule has 1 aliphatic carbocycles. The van der Waals surface area contributed by atoms with Crippen LogP contribution in [-0.2, 0) is 0 Å². The molecule has 6 nitrogen and oxygen atoms in total. The van der Waals surface area contributed by atoms with Crippen molar-refractivity contribution in [3.8, 4) is 11.8 Å². The third kappa shape index (κ3) is 5.40. The van der Waals surface area contributed by atoms with Gasteiger partial charge in [0.15, 0.2) is 0 Å². The fourth-order valence-electron chi connectivity index (χ4n) is 4.41. The Labute approximate surface area is 194 Å². The number of hydrogen-bond acceptors (Lipinski definition) is 4. The molecule has 2 heterocycles. The van der Waals surface area contributed by atoms with Crippen LogP contribution in [0.4, 0.5) is 4.79 Å². The average molecular weight is 441 g/mol. The zero-order valence-corrected chi connectivity index (χ0v) is 18.8. The summed E-state index contributed by atoms with van der Waals surface area (Å²) in [7, 11) is 0. The SMILES string of the molecule is Cc1cc(C=C2CCN(C(=O)NC3CC3c3ccccc3)CC2)cc(Oc2ncccn2)c1. The Balaban J connectivity index is 1.16. The summed E-state index contributed by atoms with van der Waals surface area (Å²) in [4.78, 5) is 22.9. The van der Waals surface area contributed by atoms with Gasteiger partial charge < -0.3 is 15.0 Å². The normalized spacial score (nSPS) is 19.7. The number of piperidine rings is 1. The number of benzene rings is 2. The largest absolute Gasteiger partial charge is 0.424 e. The van der Waals surface area contributed by atoms with Gasteiger partial charge in [0.1, 0.15) is 5.75 Å². The van der Waals surface area contributed by atoms with E-state index in [1.54, 1.807) is 18.5 Å². The van der Waals surface area contributed by atoms with E-state index >= 15 is 0 Å². The standard InChI is InChI=1S/C27H28N4O2/c1-19-14-21(17-23(15-19)33-26-28-10-5-11-29-26)16-20-8-12-31(13-9-20)27(32)30-25-18-24(25)22-6-3-2-4-7-22/h2-7,10-11,14-17,24-25H,8-9,12-13,18H2,1H3,(H,30,32). The first kappa shape index (κ1) is 21.2. The number of urea groups is 1. The first-order valence-electron chi connectivity index (χ1n) is 11.5. The summed E-state index contributed by atoms with van der Waals surface area (Å²) in [5, 5.41) is 3.21. The Hall–Kier alpha value is -3.67. The van der Waals surface area contributed by atoms with E-state index in [1.807, 2.05) is 30.0 Å². The minimum Gasteiger partial charge on any atom is -0.424 e. The predicted octanol–water partition coefficient (Wildman–Crippen LogP) is 5.32. The molecule has 33 heavy (non-hydrogen) atoms. The molecule has 1 saturated heterocycles. The first-order chi connectivity index (χ1) is 16.1. The second-order valence-corrected chi connectivity index (χ2v) is 8.81. The summed E-state index contributed by atoms with van der Waals surface area (Å²) in [6.07, 6.45) is 8.33. The Bertz CT molecular complexity index is 1140. The summed E-state index contributed by atoms with van der Waals surface area (Å²) in [5.41, 5.74) is 4.87. The lowest BCUT2D eigenvalue weighted by atomic mass is 10.00. The number of aromatic nitrogens is 2. The molecule has 1 aromatic heterocycles. The molecule has 5 rings (SSSR count). The third-order valence-electron chi connectivity index (χ3n) is 6.22. The van der Waals surface area contributed by atoms with E-state index in [1.165, 1.54) is 11.1 Å². The molecule has 168 valence electrons. The van der Waals surface area contributed by atoms with Gasteiger partial charge in [-0.3, -0.25) is 0 Å². The van der Waals surface area contributed by atoms with Crippen molar-refractivity contribution in [3.05, 3.63) is 89.3 Å². The van der Waals surface area contributed by atoms with E-state index in [-0.39, 0.29) is 12.1 Å². The molecule has 2 aromatic carbocycles. The van der Waals surface area contributed by atoms with Gasteiger partial charge in [-0.25, -0.2) is 14.8 Å². The van der Waals surface area contributed by atoms with Crippen LogP contribution < -0.4 is 10.1 Å². The van der Waals surface area contributed by atoms with E-state index in [9.17, 15) is 4.79 Å². The van der Waals surface area contributed by atoms with Gasteiger partial charge in [-0.2, -0.15) is 0 Å². The predicted molar refractivity (Wildman–Crippen MR) is 128 cm³/mol. The van der Waals surface area contributed by atoms with Crippen LogP contribution >= 0.6 is 0 Å². The monoisotopic (exact) mass is 440 g/mol. The van der Waals surface area contributed by atoms with Gasteiger partial charge in [0, 0.05) is 37.4 Å². The first-order valence-corrected chi connectivity index (χ1v) is 11.5. The Kier molecular flexibility index (Phi) is 6.07. The Morgan fingerprint density at radius 3 is 2.58 bits per heavy atom. The van der Waals surface area contributed by atoms with Crippen molar-refractivity contribution >= 4 is 12.1 Å². The van der Waals surface area contributed by atoms with Crippen molar-refractivity contribution in [2.24, 2.45) is 0 Å². The Morgan fingerprint density at radius 1 is 1.06 bits per heavy atom. The minimum atomic E-state index is 0.0617. The van der Waals surface area contributed by atoms with Gasteiger partial charge in [0.05, 0.1) is 0 Å². The fourth-order valence-corrected chi connectivity index (χ4v) is 4.41. The summed E-state index contributed by atoms with van der Waals surface area (Å²) in [6, 6.07) is 19.0. The number of nitrogens with one attached hydrogen (secondary N) is 1. The van der Waals surface area contributed by atoms with Crippen LogP contribution in [0, 0.1) is 6.92 Å². The van der Waals surface area contributed by atoms with Gasteiger partial charge in [-0.1, -0.05) is 48.0 Å².